The van der Waals surface area contributed by atoms with Crippen molar-refractivity contribution in [2.45, 2.75) is 144 Å². The molecule has 0 radical (unpaired) electrons. The molecule has 6 aliphatic rings. The second kappa shape index (κ2) is 38.3. The van der Waals surface area contributed by atoms with Gasteiger partial charge in [0.05, 0.1) is 58.1 Å². The van der Waals surface area contributed by atoms with Crippen LogP contribution in [-0.4, -0.2) is 210 Å². The molecule has 6 unspecified atom stereocenters. The van der Waals surface area contributed by atoms with Gasteiger partial charge in [-0.3, -0.25) is 43.3 Å². The van der Waals surface area contributed by atoms with E-state index in [9.17, 15) is 57.8 Å². The molecule has 6 rings (SSSR count). The Balaban J connectivity index is 0.000000272. The highest BCUT2D eigenvalue weighted by atomic mass is 32.2. The van der Waals surface area contributed by atoms with Crippen molar-refractivity contribution < 1.29 is 81.6 Å². The number of aliphatic hydroxyl groups excluding tert-OH is 1. The van der Waals surface area contributed by atoms with Crippen molar-refractivity contribution in [3.63, 3.8) is 0 Å². The number of thioether (sulfide) groups is 2. The molecule has 0 spiro atoms. The quantitative estimate of drug-likeness (QED) is 0.0255. The number of hydrogen-bond donors (Lipinski definition) is 7. The first-order valence-electron chi connectivity index (χ1n) is 27.5. The molecule has 4 fully saturated rings. The summed E-state index contributed by atoms with van der Waals surface area (Å²) in [5.41, 5.74) is 10.5. The number of ketones is 2. The van der Waals surface area contributed by atoms with Crippen LogP contribution in [0.1, 0.15) is 109 Å². The van der Waals surface area contributed by atoms with Crippen LogP contribution in [0.4, 0.5) is 9.59 Å². The van der Waals surface area contributed by atoms with E-state index < -0.39 is 47.8 Å². The molecule has 0 aliphatic carbocycles. The SMILES string of the molecule is NC(=O)NC1CCSC1CCCCC(=O)CCCOCCOCCNC(=O)CCN1C(=O)C=CC1=O.NCCOCCOCCCC(=O)CCCCC1SCC2NC(=O)NC21.O=C(CCN1C(=O)C=CC1O)ON1C(=O)CCC1=O. The van der Waals surface area contributed by atoms with E-state index in [1.807, 2.05) is 23.5 Å². The van der Waals surface area contributed by atoms with E-state index in [2.05, 4.69) is 26.1 Å². The number of imide groups is 2. The van der Waals surface area contributed by atoms with Gasteiger partial charge in [0.25, 0.3) is 23.6 Å². The Morgan fingerprint density at radius 2 is 1.25 bits per heavy atom. The average molecular weight is 1170 g/mol. The van der Waals surface area contributed by atoms with Crippen LogP contribution >= 0.6 is 23.5 Å². The number of aliphatic hydroxyl groups is 1. The number of nitrogens with one attached hydrogen (secondary N) is 4. The summed E-state index contributed by atoms with van der Waals surface area (Å²) < 4.78 is 21.5. The van der Waals surface area contributed by atoms with Gasteiger partial charge in [0.15, 0.2) is 0 Å². The van der Waals surface area contributed by atoms with Crippen molar-refractivity contribution in [1.29, 1.82) is 0 Å². The zero-order chi connectivity index (χ0) is 58.1. The van der Waals surface area contributed by atoms with Crippen molar-refractivity contribution in [3.05, 3.63) is 24.3 Å². The van der Waals surface area contributed by atoms with Crippen molar-refractivity contribution in [3.8, 4) is 0 Å². The average Bonchev–Trinajstić information content (AvgIpc) is 4.33. The van der Waals surface area contributed by atoms with Crippen molar-refractivity contribution in [2.75, 3.05) is 90.5 Å². The normalized spacial score (nSPS) is 21.8. The third kappa shape index (κ3) is 26.0. The molecule has 10 amide bonds. The molecule has 4 saturated heterocycles. The minimum Gasteiger partial charge on any atom is -0.379 e. The number of hydroxylamine groups is 2. The Labute approximate surface area is 474 Å². The van der Waals surface area contributed by atoms with Gasteiger partial charge < -0.3 is 66.5 Å². The number of fused-ring (bicyclic) bond motifs is 1. The molecule has 6 aliphatic heterocycles. The smallest absolute Gasteiger partial charge is 0.334 e. The Hall–Kier alpha value is -5.49. The van der Waals surface area contributed by atoms with Crippen LogP contribution < -0.4 is 32.7 Å². The summed E-state index contributed by atoms with van der Waals surface area (Å²) >= 11 is 3.79. The Morgan fingerprint density at radius 3 is 1.84 bits per heavy atom. The van der Waals surface area contributed by atoms with Gasteiger partial charge in [0, 0.05) is 125 Å². The highest BCUT2D eigenvalue weighted by Crippen LogP contribution is 2.33. The van der Waals surface area contributed by atoms with E-state index >= 15 is 0 Å². The molecule has 0 aromatic carbocycles. The molecule has 6 atom stereocenters. The van der Waals surface area contributed by atoms with Crippen LogP contribution in [0.5, 0.6) is 0 Å². The molecule has 26 nitrogen and oxygen atoms in total. The fourth-order valence-electron chi connectivity index (χ4n) is 8.95. The van der Waals surface area contributed by atoms with Crippen LogP contribution in [-0.2, 0) is 66.9 Å². The second-order valence-electron chi connectivity index (χ2n) is 19.3. The predicted molar refractivity (Wildman–Crippen MR) is 293 cm³/mol. The summed E-state index contributed by atoms with van der Waals surface area (Å²) in [6.45, 7) is 4.76. The van der Waals surface area contributed by atoms with E-state index in [0.717, 1.165) is 72.7 Å². The summed E-state index contributed by atoms with van der Waals surface area (Å²) in [6.07, 6.45) is 14.2. The van der Waals surface area contributed by atoms with E-state index in [0.29, 0.717) is 119 Å². The summed E-state index contributed by atoms with van der Waals surface area (Å²) in [5, 5.41) is 22.1. The second-order valence-corrected chi connectivity index (χ2v) is 21.9. The van der Waals surface area contributed by atoms with Crippen LogP contribution in [0.3, 0.4) is 0 Å². The maximum absolute atomic E-state index is 12.0. The topological polar surface area (TPSA) is 364 Å². The number of carbonyl (C=O) groups is 11. The van der Waals surface area contributed by atoms with E-state index in [-0.39, 0.29) is 74.6 Å². The van der Waals surface area contributed by atoms with E-state index in [4.69, 9.17) is 30.4 Å². The number of carbonyl (C=O) groups excluding carboxylic acids is 11. The molecule has 9 N–H and O–H groups in total. The molecule has 0 bridgehead atoms. The van der Waals surface area contributed by atoms with Crippen LogP contribution in [0.2, 0.25) is 0 Å². The third-order valence-electron chi connectivity index (χ3n) is 13.2. The van der Waals surface area contributed by atoms with Gasteiger partial charge in [-0.05, 0) is 56.8 Å². The fourth-order valence-corrected chi connectivity index (χ4v) is 12.0. The number of unbranched alkanes of at least 4 members (excludes halogenated alkanes) is 2. The molecule has 0 aromatic heterocycles. The summed E-state index contributed by atoms with van der Waals surface area (Å²) in [7, 11) is 0. The Morgan fingerprint density at radius 1 is 0.662 bits per heavy atom. The lowest BCUT2D eigenvalue weighted by Gasteiger charge is -2.20. The number of Topliss-reactive ketones (excluding diaryl/α,β-unsaturated/α-hetero) is 2. The number of rotatable bonds is 37. The van der Waals surface area contributed by atoms with Crippen molar-refractivity contribution >= 4 is 88.6 Å². The number of urea groups is 2. The van der Waals surface area contributed by atoms with Crippen LogP contribution in [0.25, 0.3) is 0 Å². The highest BCUT2D eigenvalue weighted by Gasteiger charge is 2.42. The van der Waals surface area contributed by atoms with E-state index in [1.165, 1.54) is 24.3 Å². The van der Waals surface area contributed by atoms with Gasteiger partial charge in [0.1, 0.15) is 17.8 Å². The molecule has 0 aromatic rings. The zero-order valence-corrected chi connectivity index (χ0v) is 47.1. The lowest BCUT2D eigenvalue weighted by atomic mass is 10.0. The molecular weight excluding hydrogens is 1090 g/mol. The number of nitrogens with two attached hydrogens (primary N) is 2. The van der Waals surface area contributed by atoms with E-state index in [1.54, 1.807) is 0 Å². The maximum Gasteiger partial charge on any atom is 0.334 e. The van der Waals surface area contributed by atoms with Gasteiger partial charge in [-0.15, -0.1) is 5.06 Å². The highest BCUT2D eigenvalue weighted by molar-refractivity contribution is 8.00. The first-order chi connectivity index (χ1) is 38.6. The molecular formula is C52H81N9O17S2. The monoisotopic (exact) mass is 1170 g/mol. The van der Waals surface area contributed by atoms with Gasteiger partial charge in [-0.25, -0.2) is 14.4 Å². The fraction of sp³-hybridized carbons (Fsp3) is 0.712. The lowest BCUT2D eigenvalue weighted by molar-refractivity contribution is -0.197. The number of hydrogen-bond acceptors (Lipinski definition) is 20. The minimum atomic E-state index is -1.06. The van der Waals surface area contributed by atoms with Crippen LogP contribution in [0, 0.1) is 0 Å². The first-order valence-corrected chi connectivity index (χ1v) is 29.6. The molecule has 80 heavy (non-hydrogen) atoms. The van der Waals surface area contributed by atoms with Gasteiger partial charge in [-0.1, -0.05) is 12.8 Å². The lowest BCUT2D eigenvalue weighted by Crippen LogP contribution is -2.42. The summed E-state index contributed by atoms with van der Waals surface area (Å²) in [5.74, 6) is -0.810. The summed E-state index contributed by atoms with van der Waals surface area (Å²) in [6, 6.07) is 0.183. The molecule has 448 valence electrons. The van der Waals surface area contributed by atoms with Crippen LogP contribution in [0.15, 0.2) is 24.3 Å². The number of amides is 10. The maximum atomic E-state index is 12.0. The molecule has 28 heteroatoms. The minimum absolute atomic E-state index is 0.0271. The molecule has 6 heterocycles. The van der Waals surface area contributed by atoms with Crippen molar-refractivity contribution in [2.24, 2.45) is 11.5 Å². The number of ether oxygens (including phenoxy) is 4. The van der Waals surface area contributed by atoms with Gasteiger partial charge >= 0.3 is 18.0 Å². The van der Waals surface area contributed by atoms with Gasteiger partial charge in [0.2, 0.25) is 11.8 Å². The standard InChI is InChI=1S/C24H38N4O7S.C17H31N3O4S.C11H12N2O6/c25-24(33)27-19-10-17-36-20(19)6-2-1-4-18(29)5-3-13-34-15-16-35-14-11-26-21(30)9-12-28-22(31)7-8-23(28)32;18-7-9-24-11-10-23-8-3-5-13(21)4-1-2-6-15-16-14(12-25-15)19-17(22)20-16;14-7-1-2-8(15)12(7)6-5-11(18)19-13-9(16)3-4-10(13)17/h7-8,19-20H,1-6,9-17H2,(H,26,30)(H3,25,27,33);14-16H,1-12,18H2,(H2,19,20,22);1-2,7,14H,3-6H2. The molecule has 0 saturated carbocycles. The van der Waals surface area contributed by atoms with Gasteiger partial charge in [-0.2, -0.15) is 23.5 Å². The summed E-state index contributed by atoms with van der Waals surface area (Å²) in [4.78, 5) is 133. The predicted octanol–water partition coefficient (Wildman–Crippen LogP) is 0.657. The third-order valence-corrected chi connectivity index (χ3v) is 16.1. The Bertz CT molecular complexity index is 2110. The Kier molecular flexibility index (Phi) is 32.0. The van der Waals surface area contributed by atoms with Crippen molar-refractivity contribution in [1.82, 2.24) is 36.1 Å². The number of primary amides is 1. The first kappa shape index (κ1) is 67.0. The number of nitrogens with zero attached hydrogens (tertiary/aromatic N) is 3. The largest absolute Gasteiger partial charge is 0.379 e. The zero-order valence-electron chi connectivity index (χ0n) is 45.5.